The monoisotopic (exact) mass is 394 g/mol. The highest BCUT2D eigenvalue weighted by molar-refractivity contribution is 7.98. The van der Waals surface area contributed by atoms with Gasteiger partial charge in [-0.2, -0.15) is 29.5 Å². The van der Waals surface area contributed by atoms with Gasteiger partial charge in [0.15, 0.2) is 0 Å². The second-order valence-corrected chi connectivity index (χ2v) is 6.92. The lowest BCUT2D eigenvalue weighted by Crippen LogP contribution is -2.11. The first kappa shape index (κ1) is 17.0. The fraction of sp³-hybridized carbons (Fsp3) is 0.125. The zero-order valence-electron chi connectivity index (χ0n) is 12.9. The van der Waals surface area contributed by atoms with Crippen LogP contribution in [0.2, 0.25) is 0 Å². The van der Waals surface area contributed by atoms with Crippen molar-refractivity contribution in [3.63, 3.8) is 0 Å². The van der Waals surface area contributed by atoms with Gasteiger partial charge < -0.3 is 4.52 Å². The molecule has 3 aromatic heterocycles. The molecule has 0 radical (unpaired) electrons. The van der Waals surface area contributed by atoms with Gasteiger partial charge in [0.25, 0.3) is 0 Å². The van der Waals surface area contributed by atoms with Crippen molar-refractivity contribution in [3.8, 4) is 11.4 Å². The summed E-state index contributed by atoms with van der Waals surface area (Å²) in [6.45, 7) is 0. The fourth-order valence-electron chi connectivity index (χ4n) is 2.24. The zero-order valence-corrected chi connectivity index (χ0v) is 14.5. The van der Waals surface area contributed by atoms with Crippen LogP contribution in [0, 0.1) is 0 Å². The van der Waals surface area contributed by atoms with Crippen LogP contribution >= 0.6 is 23.1 Å². The van der Waals surface area contributed by atoms with Crippen molar-refractivity contribution in [3.05, 3.63) is 52.8 Å². The van der Waals surface area contributed by atoms with Gasteiger partial charge in [0, 0.05) is 16.3 Å². The predicted molar refractivity (Wildman–Crippen MR) is 91.7 cm³/mol. The maximum Gasteiger partial charge on any atom is 0.451 e. The maximum absolute atomic E-state index is 13.0. The molecule has 0 aliphatic carbocycles. The molecule has 26 heavy (non-hydrogen) atoms. The second-order valence-electron chi connectivity index (χ2n) is 5.18. The van der Waals surface area contributed by atoms with Gasteiger partial charge in [-0.1, -0.05) is 35.1 Å². The zero-order chi connectivity index (χ0) is 18.1. The number of thiophene rings is 1. The summed E-state index contributed by atoms with van der Waals surface area (Å²) in [5, 5.41) is 8.43. The average Bonchev–Trinajstić information content (AvgIpc) is 3.30. The number of hydrogen-bond acceptors (Lipinski definition) is 7. The molecular weight excluding hydrogens is 385 g/mol. The van der Waals surface area contributed by atoms with Gasteiger partial charge in [0.2, 0.25) is 17.5 Å². The summed E-state index contributed by atoms with van der Waals surface area (Å²) in [6, 6.07) is 8.43. The first-order valence-corrected chi connectivity index (χ1v) is 9.25. The molecule has 0 bridgehead atoms. The molecule has 3 heterocycles. The topological polar surface area (TPSA) is 64.7 Å². The Hall–Kier alpha value is -2.46. The number of rotatable bonds is 4. The van der Waals surface area contributed by atoms with Crippen LogP contribution in [0.3, 0.4) is 0 Å². The fourth-order valence-corrected chi connectivity index (χ4v) is 3.73. The van der Waals surface area contributed by atoms with Crippen LogP contribution in [0.15, 0.2) is 50.6 Å². The summed E-state index contributed by atoms with van der Waals surface area (Å²) in [7, 11) is 0. The highest BCUT2D eigenvalue weighted by Crippen LogP contribution is 2.33. The van der Waals surface area contributed by atoms with Gasteiger partial charge in [-0.15, -0.1) is 0 Å². The van der Waals surface area contributed by atoms with Crippen LogP contribution in [0.4, 0.5) is 13.2 Å². The Morgan fingerprint density at radius 1 is 1.08 bits per heavy atom. The molecule has 5 nitrogen and oxygen atoms in total. The number of benzene rings is 1. The number of aromatic nitrogens is 4. The normalized spacial score (nSPS) is 12.0. The molecule has 0 fully saturated rings. The Morgan fingerprint density at radius 3 is 2.69 bits per heavy atom. The highest BCUT2D eigenvalue weighted by atomic mass is 32.2. The minimum Gasteiger partial charge on any atom is -0.338 e. The molecule has 1 aromatic carbocycles. The summed E-state index contributed by atoms with van der Waals surface area (Å²) in [5.41, 5.74) is 1.07. The molecule has 0 N–H and O–H groups in total. The Bertz CT molecular complexity index is 1050. The van der Waals surface area contributed by atoms with E-state index in [0.717, 1.165) is 17.3 Å². The standard InChI is InChI=1S/C16H9F3N4OS2/c17-16(18,19)15-20-11-4-2-1-3-10(11)14(22-15)26-8-12-21-13(23-24-12)9-5-6-25-7-9/h1-7H,8H2. The number of halogens is 3. The van der Waals surface area contributed by atoms with Crippen molar-refractivity contribution in [1.82, 2.24) is 20.1 Å². The van der Waals surface area contributed by atoms with Crippen LogP contribution in [-0.4, -0.2) is 20.1 Å². The lowest BCUT2D eigenvalue weighted by Gasteiger charge is -2.09. The van der Waals surface area contributed by atoms with Crippen molar-refractivity contribution in [1.29, 1.82) is 0 Å². The Kier molecular flexibility index (Phi) is 4.37. The summed E-state index contributed by atoms with van der Waals surface area (Å²) >= 11 is 2.61. The van der Waals surface area contributed by atoms with Crippen molar-refractivity contribution in [2.75, 3.05) is 0 Å². The summed E-state index contributed by atoms with van der Waals surface area (Å²) in [6.07, 6.45) is -4.62. The van der Waals surface area contributed by atoms with E-state index in [2.05, 4.69) is 20.1 Å². The molecule has 10 heteroatoms. The van der Waals surface area contributed by atoms with Crippen molar-refractivity contribution in [2.45, 2.75) is 17.0 Å². The van der Waals surface area contributed by atoms with Crippen LogP contribution in [-0.2, 0) is 11.9 Å². The van der Waals surface area contributed by atoms with Crippen LogP contribution < -0.4 is 0 Å². The first-order valence-electron chi connectivity index (χ1n) is 7.32. The number of fused-ring (bicyclic) bond motifs is 1. The molecule has 0 aliphatic rings. The minimum absolute atomic E-state index is 0.204. The van der Waals surface area contributed by atoms with E-state index >= 15 is 0 Å². The number of para-hydroxylation sites is 1. The third kappa shape index (κ3) is 3.42. The maximum atomic E-state index is 13.0. The molecule has 4 aromatic rings. The Labute approximate surface area is 153 Å². The van der Waals surface area contributed by atoms with E-state index in [1.165, 1.54) is 17.4 Å². The molecule has 0 unspecified atom stereocenters. The predicted octanol–water partition coefficient (Wildman–Crippen LogP) is 5.05. The molecule has 132 valence electrons. The van der Waals surface area contributed by atoms with E-state index in [-0.39, 0.29) is 16.3 Å². The summed E-state index contributed by atoms with van der Waals surface area (Å²) in [4.78, 5) is 11.5. The Balaban J connectivity index is 1.62. The minimum atomic E-state index is -4.62. The van der Waals surface area contributed by atoms with E-state index in [9.17, 15) is 13.2 Å². The Morgan fingerprint density at radius 2 is 1.92 bits per heavy atom. The van der Waals surface area contributed by atoms with Gasteiger partial charge in [-0.25, -0.2) is 9.97 Å². The van der Waals surface area contributed by atoms with Crippen LogP contribution in [0.5, 0.6) is 0 Å². The lowest BCUT2D eigenvalue weighted by atomic mass is 10.2. The van der Waals surface area contributed by atoms with Crippen molar-refractivity contribution in [2.24, 2.45) is 0 Å². The van der Waals surface area contributed by atoms with Crippen LogP contribution in [0.1, 0.15) is 11.7 Å². The molecule has 0 saturated heterocycles. The van der Waals surface area contributed by atoms with Crippen molar-refractivity contribution >= 4 is 34.0 Å². The molecule has 0 saturated carbocycles. The quantitative estimate of drug-likeness (QED) is 0.356. The molecule has 0 amide bonds. The average molecular weight is 394 g/mol. The SMILES string of the molecule is FC(F)(F)c1nc(SCc2nc(-c3ccsc3)no2)c2ccccc2n1. The molecule has 0 aliphatic heterocycles. The van der Waals surface area contributed by atoms with Gasteiger partial charge in [-0.05, 0) is 17.5 Å². The molecule has 0 spiro atoms. The lowest BCUT2D eigenvalue weighted by molar-refractivity contribution is -0.145. The smallest absolute Gasteiger partial charge is 0.338 e. The van der Waals surface area contributed by atoms with Crippen molar-refractivity contribution < 1.29 is 17.7 Å². The highest BCUT2D eigenvalue weighted by Gasteiger charge is 2.35. The van der Waals surface area contributed by atoms with Gasteiger partial charge in [0.1, 0.15) is 5.03 Å². The molecular formula is C16H9F3N4OS2. The third-order valence-electron chi connectivity index (χ3n) is 3.40. The van der Waals surface area contributed by atoms with Gasteiger partial charge in [0.05, 0.1) is 11.3 Å². The number of thioether (sulfide) groups is 1. The van der Waals surface area contributed by atoms with E-state index in [1.807, 2.05) is 16.8 Å². The van der Waals surface area contributed by atoms with Gasteiger partial charge >= 0.3 is 6.18 Å². The number of hydrogen-bond donors (Lipinski definition) is 0. The summed E-state index contributed by atoms with van der Waals surface area (Å²) < 4.78 is 44.3. The molecule has 4 rings (SSSR count). The van der Waals surface area contributed by atoms with Crippen LogP contribution in [0.25, 0.3) is 22.3 Å². The third-order valence-corrected chi connectivity index (χ3v) is 5.06. The first-order chi connectivity index (χ1) is 12.5. The van der Waals surface area contributed by atoms with Gasteiger partial charge in [-0.3, -0.25) is 0 Å². The van der Waals surface area contributed by atoms with E-state index in [0.29, 0.717) is 17.1 Å². The second kappa shape index (κ2) is 6.69. The van der Waals surface area contributed by atoms with E-state index < -0.39 is 12.0 Å². The number of nitrogens with zero attached hydrogens (tertiary/aromatic N) is 4. The largest absolute Gasteiger partial charge is 0.451 e. The number of alkyl halides is 3. The van der Waals surface area contributed by atoms with E-state index in [1.54, 1.807) is 18.2 Å². The molecule has 0 atom stereocenters. The van der Waals surface area contributed by atoms with E-state index in [4.69, 9.17) is 4.52 Å². The summed E-state index contributed by atoms with van der Waals surface area (Å²) in [5.74, 6) is -0.198.